The van der Waals surface area contributed by atoms with Crippen LogP contribution in [0, 0.1) is 6.92 Å². The highest BCUT2D eigenvalue weighted by Crippen LogP contribution is 2.42. The van der Waals surface area contributed by atoms with E-state index < -0.39 is 0 Å². The van der Waals surface area contributed by atoms with Gasteiger partial charge in [-0.3, -0.25) is 14.4 Å². The lowest BCUT2D eigenvalue weighted by Gasteiger charge is -2.11. The van der Waals surface area contributed by atoms with E-state index >= 15 is 0 Å². The molecule has 0 saturated heterocycles. The van der Waals surface area contributed by atoms with E-state index in [9.17, 15) is 14.4 Å². The van der Waals surface area contributed by atoms with Gasteiger partial charge in [0.15, 0.2) is 0 Å². The molecule has 62 heavy (non-hydrogen) atoms. The van der Waals surface area contributed by atoms with E-state index in [0.717, 1.165) is 76.6 Å². The molecule has 0 unspecified atom stereocenters. The predicted molar refractivity (Wildman–Crippen MR) is 252 cm³/mol. The van der Waals surface area contributed by atoms with Crippen LogP contribution in [0.2, 0.25) is 10.6 Å². The molecule has 0 saturated carbocycles. The normalized spacial score (nSPS) is 15.5. The van der Waals surface area contributed by atoms with Gasteiger partial charge < -0.3 is 31.0 Å². The number of aryl methyl sites for hydroxylation is 3. The molecular formula is C44H44Cl2N10O4S2. The monoisotopic (exact) mass is 910 g/mol. The van der Waals surface area contributed by atoms with Gasteiger partial charge in [-0.05, 0) is 98.8 Å². The van der Waals surface area contributed by atoms with Gasteiger partial charge >= 0.3 is 0 Å². The van der Waals surface area contributed by atoms with Crippen molar-refractivity contribution in [2.24, 2.45) is 0 Å². The fraction of sp³-hybridized carbons (Fsp3) is 0.273. The lowest BCUT2D eigenvalue weighted by Crippen LogP contribution is -2.34. The summed E-state index contributed by atoms with van der Waals surface area (Å²) in [6, 6.07) is 15.0. The van der Waals surface area contributed by atoms with Crippen LogP contribution in [0.15, 0.2) is 65.7 Å². The summed E-state index contributed by atoms with van der Waals surface area (Å²) >= 11 is 14.4. The first-order chi connectivity index (χ1) is 29.4. The second kappa shape index (κ2) is 18.6. The lowest BCUT2D eigenvalue weighted by atomic mass is 10.1. The molecule has 0 bridgehead atoms. The number of aromatic nitrogens is 6. The van der Waals surface area contributed by atoms with Crippen molar-refractivity contribution >= 4 is 111 Å². The van der Waals surface area contributed by atoms with E-state index in [-0.39, 0.29) is 42.2 Å². The van der Waals surface area contributed by atoms with Crippen LogP contribution in [-0.2, 0) is 12.8 Å². The molecule has 0 radical (unpaired) electrons. The van der Waals surface area contributed by atoms with E-state index in [0.29, 0.717) is 46.3 Å². The number of halogens is 2. The van der Waals surface area contributed by atoms with Crippen LogP contribution in [0.1, 0.15) is 71.3 Å². The van der Waals surface area contributed by atoms with Crippen LogP contribution in [0.5, 0.6) is 11.8 Å². The van der Waals surface area contributed by atoms with E-state index in [1.807, 2.05) is 64.1 Å². The number of fused-ring (bicyclic) bond motifs is 10. The van der Waals surface area contributed by atoms with Gasteiger partial charge in [-0.25, -0.2) is 19.9 Å². The molecule has 0 aliphatic carbocycles. The summed E-state index contributed by atoms with van der Waals surface area (Å²) in [5, 5.41) is 17.2. The van der Waals surface area contributed by atoms with Gasteiger partial charge in [-0.2, -0.15) is 4.98 Å². The van der Waals surface area contributed by atoms with Crippen molar-refractivity contribution < 1.29 is 14.3 Å². The van der Waals surface area contributed by atoms with Gasteiger partial charge in [0.2, 0.25) is 27.9 Å². The Hall–Kier alpha value is -5.94. The van der Waals surface area contributed by atoms with E-state index in [2.05, 4.69) is 58.1 Å². The fourth-order valence-electron chi connectivity index (χ4n) is 7.13. The molecule has 5 N–H and O–H groups in total. The number of benzene rings is 2. The molecule has 0 spiro atoms. The third kappa shape index (κ3) is 9.00. The highest BCUT2D eigenvalue weighted by atomic mass is 35.5. The summed E-state index contributed by atoms with van der Waals surface area (Å²) in [6.45, 7) is 11.3. The number of hydrogen-bond donors (Lipinski definition) is 5. The molecule has 6 aromatic heterocycles. The number of amides is 2. The lowest BCUT2D eigenvalue weighted by molar-refractivity contribution is 0.0940. The number of carbonyl (C=O) groups is 2. The minimum Gasteiger partial charge on any atom is -0.420 e. The Labute approximate surface area is 374 Å². The molecule has 10 rings (SSSR count). The molecule has 2 aliphatic heterocycles. The van der Waals surface area contributed by atoms with Crippen LogP contribution in [0.3, 0.4) is 0 Å². The number of thiophene rings is 2. The topological polar surface area (TPSA) is 189 Å². The van der Waals surface area contributed by atoms with Crippen molar-refractivity contribution in [3.63, 3.8) is 0 Å². The highest BCUT2D eigenvalue weighted by molar-refractivity contribution is 7.22. The summed E-state index contributed by atoms with van der Waals surface area (Å²) in [5.74, 6) is 0.743. The Morgan fingerprint density at radius 1 is 0.710 bits per heavy atom. The number of anilines is 2. The van der Waals surface area contributed by atoms with Crippen molar-refractivity contribution in [2.45, 2.75) is 67.0 Å². The second-order valence-electron chi connectivity index (χ2n) is 14.5. The number of carbonyl (C=O) groups excluding carboxylic acids is 2. The summed E-state index contributed by atoms with van der Waals surface area (Å²) in [5.41, 5.74) is 6.16. The zero-order valence-electron chi connectivity index (χ0n) is 33.7. The van der Waals surface area contributed by atoms with E-state index in [4.69, 9.17) is 27.9 Å². The van der Waals surface area contributed by atoms with Crippen molar-refractivity contribution in [1.82, 2.24) is 40.5 Å². The minimum atomic E-state index is -0.123. The number of aromatic amines is 1. The largest absolute Gasteiger partial charge is 0.420 e. The summed E-state index contributed by atoms with van der Waals surface area (Å²) in [7, 11) is 0. The summed E-state index contributed by atoms with van der Waals surface area (Å²) < 4.78 is 8.00. The molecule has 2 amide bonds. The zero-order chi connectivity index (χ0) is 42.9. The average Bonchev–Trinajstić information content (AvgIpc) is 3.73. The van der Waals surface area contributed by atoms with E-state index in [1.165, 1.54) is 28.7 Å². The molecule has 0 fully saturated rings. The van der Waals surface area contributed by atoms with E-state index in [1.54, 1.807) is 18.5 Å². The Bertz CT molecular complexity index is 3060. The van der Waals surface area contributed by atoms with Gasteiger partial charge in [-0.1, -0.05) is 21.3 Å². The number of nitrogens with zero attached hydrogens (tertiary/aromatic N) is 5. The molecule has 320 valence electrons. The van der Waals surface area contributed by atoms with Gasteiger partial charge in [0, 0.05) is 97.4 Å². The number of hydrogen-bond acceptors (Lipinski definition) is 13. The number of nitrogens with one attached hydrogen (secondary N) is 5. The Morgan fingerprint density at radius 2 is 1.27 bits per heavy atom. The molecule has 8 heterocycles. The number of ether oxygens (including phenoxy) is 1. The molecule has 18 heteroatoms. The van der Waals surface area contributed by atoms with Crippen LogP contribution in [0.25, 0.3) is 42.0 Å². The molecule has 2 aliphatic rings. The summed E-state index contributed by atoms with van der Waals surface area (Å²) in [6.07, 6.45) is 5.11. The Kier molecular flexibility index (Phi) is 13.2. The first kappa shape index (κ1) is 44.1. The molecular weight excluding hydrogens is 868 g/mol. The number of H-pyrrole nitrogens is 1. The Balaban J connectivity index is 0.000000156. The van der Waals surface area contributed by atoms with Crippen molar-refractivity contribution in [2.75, 3.05) is 23.7 Å². The Morgan fingerprint density at radius 3 is 1.89 bits per heavy atom. The van der Waals surface area contributed by atoms with Gasteiger partial charge in [-0.15, -0.1) is 22.7 Å². The second-order valence-corrected chi connectivity index (χ2v) is 17.3. The zero-order valence-corrected chi connectivity index (χ0v) is 36.8. The fourth-order valence-corrected chi connectivity index (χ4v) is 9.63. The van der Waals surface area contributed by atoms with Crippen LogP contribution < -0.4 is 31.6 Å². The van der Waals surface area contributed by atoms with Crippen LogP contribution in [-0.4, -0.2) is 66.9 Å². The number of rotatable bonds is 4. The predicted octanol–water partition coefficient (Wildman–Crippen LogP) is 9.71. The smallest absolute Gasteiger partial charge is 0.263 e. The maximum absolute atomic E-state index is 12.6. The first-order valence-corrected chi connectivity index (χ1v) is 22.0. The quantitative estimate of drug-likeness (QED) is 0.106. The highest BCUT2D eigenvalue weighted by Gasteiger charge is 2.26. The van der Waals surface area contributed by atoms with Gasteiger partial charge in [0.05, 0.1) is 16.9 Å². The van der Waals surface area contributed by atoms with Gasteiger partial charge in [0.1, 0.15) is 9.75 Å². The average molecular weight is 912 g/mol. The van der Waals surface area contributed by atoms with Gasteiger partial charge in [0.25, 0.3) is 11.8 Å². The molecule has 8 aromatic rings. The first-order valence-electron chi connectivity index (χ1n) is 19.6. The third-order valence-electron chi connectivity index (χ3n) is 10.2. The van der Waals surface area contributed by atoms with Crippen LogP contribution >= 0.6 is 45.9 Å². The maximum Gasteiger partial charge on any atom is 0.263 e. The minimum absolute atomic E-state index is 0. The standard InChI is InChI=1S/C21H18ClN5O2S.C15H13N3O2S.C7H9ClN2.CH4/c1-3-11-9-24-21(22)27-20(11)29-15-7-4-12-13(26-15)5-6-14-16(12)17-18(30-14)19(28)25-10(2)8-23-17;1-7-6-16-13-12-8-2-5-11(19)18-9(8)3-4-10(12)21-14(13)15(20)17-7;1-3-6-4-9-7(8)10-5(6)2;/h4-7,9-10,23H,3,8H2,1-2H3,(H,25,28);2-5,7,16H,6H2,1H3,(H,17,20)(H,18,19);4H,3H2,1-2H3;1H4/t10-;7-;;/m00../s1. The number of pyridine rings is 2. The van der Waals surface area contributed by atoms with Crippen molar-refractivity contribution in [3.8, 4) is 11.8 Å². The molecule has 14 nitrogen and oxygen atoms in total. The third-order valence-corrected chi connectivity index (χ3v) is 12.9. The summed E-state index contributed by atoms with van der Waals surface area (Å²) in [4.78, 5) is 61.3. The van der Waals surface area contributed by atoms with Crippen molar-refractivity contribution in [1.29, 1.82) is 0 Å². The van der Waals surface area contributed by atoms with Crippen LogP contribution in [0.4, 0.5) is 11.4 Å². The molecule has 2 atom stereocenters. The maximum atomic E-state index is 12.6. The molecule has 2 aromatic carbocycles. The SMILES string of the molecule is C.CCc1cnc(Cl)nc1C.CCc1cnc(Cl)nc1Oc1ccc2c(ccc3sc4c(c32)NC[C@H](C)NC4=O)n1.C[C@H]1CNc2c(sc3ccc4[nH]c(=O)ccc4c23)C(=O)N1. The van der Waals surface area contributed by atoms with Crippen molar-refractivity contribution in [3.05, 3.63) is 108 Å².